The number of aromatic nitrogens is 4. The largest absolute Gasteiger partial charge is 0.437 e. The summed E-state index contributed by atoms with van der Waals surface area (Å²) in [6.07, 6.45) is 6.81. The van der Waals surface area contributed by atoms with Gasteiger partial charge in [0.05, 0.1) is 17.1 Å². The second-order valence-corrected chi connectivity index (χ2v) is 4.90. The monoisotopic (exact) mass is 300 g/mol. The Labute approximate surface area is 132 Å². The molecule has 0 saturated heterocycles. The van der Waals surface area contributed by atoms with Gasteiger partial charge in [-0.1, -0.05) is 12.1 Å². The lowest BCUT2D eigenvalue weighted by atomic mass is 10.2. The number of fused-ring (bicyclic) bond motifs is 1. The third-order valence-electron chi connectivity index (χ3n) is 3.34. The molecule has 0 radical (unpaired) electrons. The van der Waals surface area contributed by atoms with Crippen LogP contribution in [0.4, 0.5) is 0 Å². The maximum absolute atomic E-state index is 5.92. The Hall–Kier alpha value is -3.34. The summed E-state index contributed by atoms with van der Waals surface area (Å²) in [6, 6.07) is 15.2. The SMILES string of the molecule is c1cncc(Oc2nc(-c3cccnc3)nc3ccccc23)c1. The van der Waals surface area contributed by atoms with E-state index in [0.717, 1.165) is 16.5 Å². The van der Waals surface area contributed by atoms with E-state index in [2.05, 4.69) is 19.9 Å². The van der Waals surface area contributed by atoms with Crippen LogP contribution in [0.2, 0.25) is 0 Å². The highest BCUT2D eigenvalue weighted by Crippen LogP contribution is 2.29. The van der Waals surface area contributed by atoms with Gasteiger partial charge in [-0.3, -0.25) is 9.97 Å². The molecule has 4 aromatic rings. The summed E-state index contributed by atoms with van der Waals surface area (Å²) in [5, 5.41) is 0.851. The van der Waals surface area contributed by atoms with Crippen LogP contribution in [0, 0.1) is 0 Å². The quantitative estimate of drug-likeness (QED) is 0.574. The van der Waals surface area contributed by atoms with E-state index in [1.54, 1.807) is 24.8 Å². The van der Waals surface area contributed by atoms with Gasteiger partial charge in [-0.15, -0.1) is 0 Å². The summed E-state index contributed by atoms with van der Waals surface area (Å²) in [5.74, 6) is 1.71. The van der Waals surface area contributed by atoms with Crippen LogP contribution in [-0.2, 0) is 0 Å². The van der Waals surface area contributed by atoms with Crippen LogP contribution in [0.5, 0.6) is 11.6 Å². The highest BCUT2D eigenvalue weighted by atomic mass is 16.5. The Morgan fingerprint density at radius 3 is 2.35 bits per heavy atom. The van der Waals surface area contributed by atoms with Gasteiger partial charge in [-0.2, -0.15) is 4.98 Å². The van der Waals surface area contributed by atoms with Crippen LogP contribution >= 0.6 is 0 Å². The van der Waals surface area contributed by atoms with Crippen molar-refractivity contribution in [3.05, 3.63) is 73.3 Å². The first-order valence-corrected chi connectivity index (χ1v) is 7.15. The molecule has 3 heterocycles. The van der Waals surface area contributed by atoms with E-state index < -0.39 is 0 Å². The van der Waals surface area contributed by atoms with Crippen molar-refractivity contribution < 1.29 is 4.74 Å². The average molecular weight is 300 g/mol. The zero-order chi connectivity index (χ0) is 15.5. The van der Waals surface area contributed by atoms with Gasteiger partial charge in [-0.05, 0) is 36.4 Å². The standard InChI is InChI=1S/C18H12N4O/c1-2-8-16-15(7-1)18(23-14-6-4-10-20-12-14)22-17(21-16)13-5-3-9-19-11-13/h1-12H. The van der Waals surface area contributed by atoms with Gasteiger partial charge < -0.3 is 4.74 Å². The molecule has 5 heteroatoms. The van der Waals surface area contributed by atoms with Gasteiger partial charge in [0.2, 0.25) is 5.88 Å². The van der Waals surface area contributed by atoms with E-state index >= 15 is 0 Å². The van der Waals surface area contributed by atoms with Crippen LogP contribution < -0.4 is 4.74 Å². The molecule has 0 bridgehead atoms. The molecule has 0 amide bonds. The maximum atomic E-state index is 5.92. The van der Waals surface area contributed by atoms with Crippen molar-refractivity contribution >= 4 is 10.9 Å². The maximum Gasteiger partial charge on any atom is 0.230 e. The van der Waals surface area contributed by atoms with Crippen molar-refractivity contribution in [3.8, 4) is 23.0 Å². The van der Waals surface area contributed by atoms with Crippen LogP contribution in [0.1, 0.15) is 0 Å². The van der Waals surface area contributed by atoms with Crippen molar-refractivity contribution in [2.45, 2.75) is 0 Å². The summed E-state index contributed by atoms with van der Waals surface area (Å²) in [6.45, 7) is 0. The summed E-state index contributed by atoms with van der Waals surface area (Å²) >= 11 is 0. The van der Waals surface area contributed by atoms with Crippen molar-refractivity contribution in [3.63, 3.8) is 0 Å². The minimum absolute atomic E-state index is 0.502. The predicted octanol–water partition coefficient (Wildman–Crippen LogP) is 3.88. The fraction of sp³-hybridized carbons (Fsp3) is 0. The molecule has 0 aliphatic carbocycles. The number of rotatable bonds is 3. The molecule has 5 nitrogen and oxygen atoms in total. The Bertz CT molecular complexity index is 943. The van der Waals surface area contributed by atoms with E-state index in [1.807, 2.05) is 48.5 Å². The van der Waals surface area contributed by atoms with Crippen LogP contribution in [0.3, 0.4) is 0 Å². The molecule has 0 saturated carbocycles. The van der Waals surface area contributed by atoms with Gasteiger partial charge in [0.1, 0.15) is 5.75 Å². The molecule has 0 aliphatic heterocycles. The van der Waals surface area contributed by atoms with E-state index in [-0.39, 0.29) is 0 Å². The molecular formula is C18H12N4O. The second kappa shape index (κ2) is 5.81. The van der Waals surface area contributed by atoms with E-state index in [0.29, 0.717) is 17.5 Å². The van der Waals surface area contributed by atoms with E-state index in [9.17, 15) is 0 Å². The molecule has 3 aromatic heterocycles. The van der Waals surface area contributed by atoms with Gasteiger partial charge >= 0.3 is 0 Å². The number of benzene rings is 1. The molecular weight excluding hydrogens is 288 g/mol. The van der Waals surface area contributed by atoms with Crippen molar-refractivity contribution in [1.29, 1.82) is 0 Å². The summed E-state index contributed by atoms with van der Waals surface area (Å²) in [4.78, 5) is 17.4. The molecule has 4 rings (SSSR count). The van der Waals surface area contributed by atoms with Gasteiger partial charge in [0, 0.05) is 24.2 Å². The van der Waals surface area contributed by atoms with Crippen LogP contribution in [-0.4, -0.2) is 19.9 Å². The molecule has 23 heavy (non-hydrogen) atoms. The Kier molecular flexibility index (Phi) is 3.37. The molecule has 0 N–H and O–H groups in total. The van der Waals surface area contributed by atoms with Crippen molar-refractivity contribution in [2.75, 3.05) is 0 Å². The predicted molar refractivity (Wildman–Crippen MR) is 87.1 cm³/mol. The lowest BCUT2D eigenvalue weighted by Gasteiger charge is -2.09. The number of hydrogen-bond donors (Lipinski definition) is 0. The average Bonchev–Trinajstić information content (AvgIpc) is 2.63. The summed E-state index contributed by atoms with van der Waals surface area (Å²) < 4.78 is 5.92. The van der Waals surface area contributed by atoms with Crippen LogP contribution in [0.25, 0.3) is 22.3 Å². The first-order valence-electron chi connectivity index (χ1n) is 7.15. The summed E-state index contributed by atoms with van der Waals surface area (Å²) in [5.41, 5.74) is 1.66. The van der Waals surface area contributed by atoms with E-state index in [1.165, 1.54) is 0 Å². The third-order valence-corrected chi connectivity index (χ3v) is 3.34. The topological polar surface area (TPSA) is 60.8 Å². The molecule has 1 aromatic carbocycles. The first kappa shape index (κ1) is 13.3. The normalized spacial score (nSPS) is 10.6. The molecule has 0 unspecified atom stereocenters. The van der Waals surface area contributed by atoms with Gasteiger partial charge in [0.25, 0.3) is 0 Å². The lowest BCUT2D eigenvalue weighted by Crippen LogP contribution is -1.96. The highest BCUT2D eigenvalue weighted by Gasteiger charge is 2.11. The molecule has 110 valence electrons. The molecule has 0 spiro atoms. The highest BCUT2D eigenvalue weighted by molar-refractivity contribution is 5.85. The van der Waals surface area contributed by atoms with Gasteiger partial charge in [-0.25, -0.2) is 4.98 Å². The fourth-order valence-corrected chi connectivity index (χ4v) is 2.27. The van der Waals surface area contributed by atoms with Crippen molar-refractivity contribution in [1.82, 2.24) is 19.9 Å². The number of para-hydroxylation sites is 1. The van der Waals surface area contributed by atoms with Gasteiger partial charge in [0.15, 0.2) is 5.82 Å². The zero-order valence-electron chi connectivity index (χ0n) is 12.1. The first-order chi connectivity index (χ1) is 11.4. The van der Waals surface area contributed by atoms with Crippen molar-refractivity contribution in [2.24, 2.45) is 0 Å². The number of ether oxygens (including phenoxy) is 1. The fourth-order valence-electron chi connectivity index (χ4n) is 2.27. The number of hydrogen-bond acceptors (Lipinski definition) is 5. The molecule has 0 fully saturated rings. The zero-order valence-corrected chi connectivity index (χ0v) is 12.1. The molecule has 0 aliphatic rings. The Balaban J connectivity index is 1.87. The number of nitrogens with zero attached hydrogens (tertiary/aromatic N) is 4. The minimum Gasteiger partial charge on any atom is -0.437 e. The Morgan fingerprint density at radius 1 is 0.739 bits per heavy atom. The lowest BCUT2D eigenvalue weighted by molar-refractivity contribution is 0.466. The Morgan fingerprint density at radius 2 is 1.57 bits per heavy atom. The third kappa shape index (κ3) is 2.72. The molecule has 0 atom stereocenters. The summed E-state index contributed by atoms with van der Waals surface area (Å²) in [7, 11) is 0. The minimum atomic E-state index is 0.502. The second-order valence-electron chi connectivity index (χ2n) is 4.90. The van der Waals surface area contributed by atoms with Crippen LogP contribution in [0.15, 0.2) is 73.3 Å². The van der Waals surface area contributed by atoms with E-state index in [4.69, 9.17) is 4.74 Å². The smallest absolute Gasteiger partial charge is 0.230 e. The number of pyridine rings is 2.